The van der Waals surface area contributed by atoms with E-state index in [-0.39, 0.29) is 10.8 Å². The highest BCUT2D eigenvalue weighted by atomic mass is 32.2. The molecule has 23 heavy (non-hydrogen) atoms. The average Bonchev–Trinajstić information content (AvgIpc) is 2.54. The monoisotopic (exact) mass is 343 g/mol. The minimum atomic E-state index is -4.09. The van der Waals surface area contributed by atoms with Crippen LogP contribution in [-0.4, -0.2) is 8.42 Å². The maximum atomic E-state index is 13.6. The molecule has 124 valence electrons. The summed E-state index contributed by atoms with van der Waals surface area (Å²) in [7, 11) is -4.09. The number of anilines is 1. The van der Waals surface area contributed by atoms with Gasteiger partial charge in [-0.25, -0.2) is 21.6 Å². The van der Waals surface area contributed by atoms with Gasteiger partial charge in [0.25, 0.3) is 10.0 Å². The fraction of sp³-hybridized carbons (Fsp3) is 0.250. The lowest BCUT2D eigenvalue weighted by Gasteiger charge is -2.12. The molecule has 3 nitrogen and oxygen atoms in total. The molecule has 0 radical (unpaired) electrons. The molecule has 0 fully saturated rings. The number of hydrogen-bond acceptors (Lipinski definition) is 2. The van der Waals surface area contributed by atoms with Crippen molar-refractivity contribution in [3.05, 3.63) is 59.4 Å². The summed E-state index contributed by atoms with van der Waals surface area (Å²) in [5.74, 6) is -4.41. The van der Waals surface area contributed by atoms with Gasteiger partial charge in [0.05, 0.1) is 10.6 Å². The number of hydrogen-bond donors (Lipinski definition) is 1. The van der Waals surface area contributed by atoms with Crippen LogP contribution in [0.4, 0.5) is 18.9 Å². The molecule has 0 unspecified atom stereocenters. The molecule has 0 heterocycles. The molecule has 2 rings (SSSR count). The molecule has 0 aromatic heterocycles. The third-order valence-electron chi connectivity index (χ3n) is 3.65. The lowest BCUT2D eigenvalue weighted by molar-refractivity contribution is 0.449. The highest BCUT2D eigenvalue weighted by molar-refractivity contribution is 7.92. The minimum Gasteiger partial charge on any atom is -0.277 e. The molecule has 0 bridgehead atoms. The van der Waals surface area contributed by atoms with Crippen LogP contribution in [0, 0.1) is 17.5 Å². The maximum Gasteiger partial charge on any atom is 0.261 e. The van der Waals surface area contributed by atoms with E-state index in [1.54, 1.807) is 12.1 Å². The zero-order valence-corrected chi connectivity index (χ0v) is 13.4. The summed E-state index contributed by atoms with van der Waals surface area (Å²) in [5, 5.41) is 0. The molecule has 0 aliphatic rings. The second kappa shape index (κ2) is 6.62. The smallest absolute Gasteiger partial charge is 0.261 e. The summed E-state index contributed by atoms with van der Waals surface area (Å²) in [4.78, 5) is -0.0892. The van der Waals surface area contributed by atoms with Crippen molar-refractivity contribution in [2.75, 3.05) is 4.72 Å². The van der Waals surface area contributed by atoms with Crippen LogP contribution in [-0.2, 0) is 10.0 Å². The van der Waals surface area contributed by atoms with Gasteiger partial charge in [0, 0.05) is 0 Å². The van der Waals surface area contributed by atoms with Crippen molar-refractivity contribution >= 4 is 15.7 Å². The van der Waals surface area contributed by atoms with E-state index in [2.05, 4.69) is 0 Å². The van der Waals surface area contributed by atoms with Crippen molar-refractivity contribution in [1.82, 2.24) is 0 Å². The van der Waals surface area contributed by atoms with Gasteiger partial charge in [-0.3, -0.25) is 4.72 Å². The van der Waals surface area contributed by atoms with Crippen molar-refractivity contribution < 1.29 is 21.6 Å². The van der Waals surface area contributed by atoms with Gasteiger partial charge in [0.1, 0.15) is 0 Å². The van der Waals surface area contributed by atoms with Gasteiger partial charge in [0.15, 0.2) is 17.5 Å². The van der Waals surface area contributed by atoms with Crippen LogP contribution in [0.15, 0.2) is 41.3 Å². The fourth-order valence-corrected chi connectivity index (χ4v) is 3.08. The number of nitrogens with one attached hydrogen (secondary N) is 1. The van der Waals surface area contributed by atoms with Crippen LogP contribution < -0.4 is 4.72 Å². The highest BCUT2D eigenvalue weighted by Crippen LogP contribution is 2.24. The van der Waals surface area contributed by atoms with E-state index in [0.29, 0.717) is 6.07 Å². The predicted octanol–water partition coefficient (Wildman–Crippen LogP) is 4.42. The molecule has 2 aromatic carbocycles. The third-order valence-corrected chi connectivity index (χ3v) is 5.03. The zero-order chi connectivity index (χ0) is 17.2. The Hall–Kier alpha value is -2.02. The van der Waals surface area contributed by atoms with Crippen LogP contribution in [0.1, 0.15) is 31.7 Å². The molecular weight excluding hydrogens is 327 g/mol. The minimum absolute atomic E-state index is 0.0892. The first-order valence-corrected chi connectivity index (χ1v) is 8.51. The Labute approximate surface area is 133 Å². The van der Waals surface area contributed by atoms with E-state index < -0.39 is 33.2 Å². The topological polar surface area (TPSA) is 46.2 Å². The molecule has 0 aliphatic heterocycles. The normalized spacial score (nSPS) is 12.9. The Balaban J connectivity index is 2.31. The molecule has 7 heteroatoms. The van der Waals surface area contributed by atoms with E-state index in [9.17, 15) is 21.6 Å². The van der Waals surface area contributed by atoms with Gasteiger partial charge >= 0.3 is 0 Å². The van der Waals surface area contributed by atoms with E-state index in [1.165, 1.54) is 12.1 Å². The second-order valence-electron chi connectivity index (χ2n) is 5.21. The molecule has 1 atom stereocenters. The summed E-state index contributed by atoms with van der Waals surface area (Å²) in [5.41, 5.74) is 0.334. The quantitative estimate of drug-likeness (QED) is 0.817. The predicted molar refractivity (Wildman–Crippen MR) is 82.3 cm³/mol. The lowest BCUT2D eigenvalue weighted by atomic mass is 9.99. The summed E-state index contributed by atoms with van der Waals surface area (Å²) < 4.78 is 66.0. The lowest BCUT2D eigenvalue weighted by Crippen LogP contribution is -2.15. The van der Waals surface area contributed by atoms with Gasteiger partial charge in [-0.15, -0.1) is 0 Å². The van der Waals surface area contributed by atoms with Crippen molar-refractivity contribution in [2.45, 2.75) is 31.1 Å². The first-order chi connectivity index (χ1) is 10.8. The van der Waals surface area contributed by atoms with Crippen LogP contribution in [0.2, 0.25) is 0 Å². The average molecular weight is 343 g/mol. The maximum absolute atomic E-state index is 13.6. The van der Waals surface area contributed by atoms with Gasteiger partial charge in [-0.1, -0.05) is 26.0 Å². The third kappa shape index (κ3) is 3.67. The zero-order valence-electron chi connectivity index (χ0n) is 12.6. The van der Waals surface area contributed by atoms with Crippen LogP contribution in [0.3, 0.4) is 0 Å². The highest BCUT2D eigenvalue weighted by Gasteiger charge is 2.20. The Bertz CT molecular complexity index is 805. The van der Waals surface area contributed by atoms with E-state index in [0.717, 1.165) is 18.1 Å². The van der Waals surface area contributed by atoms with Crippen molar-refractivity contribution in [2.24, 2.45) is 0 Å². The molecule has 2 aromatic rings. The largest absolute Gasteiger partial charge is 0.277 e. The van der Waals surface area contributed by atoms with Crippen LogP contribution >= 0.6 is 0 Å². The standard InChI is InChI=1S/C16H16F3NO2S/c1-3-10(2)11-4-6-12(7-5-11)23(21,22)20-14-9-8-13(17)15(18)16(14)19/h4-10,20H,3H2,1-2H3/t10-/m0/s1. The Morgan fingerprint density at radius 2 is 1.61 bits per heavy atom. The molecule has 1 N–H and O–H groups in total. The Kier molecular flexibility index (Phi) is 4.99. The molecule has 0 spiro atoms. The SMILES string of the molecule is CC[C@H](C)c1ccc(S(=O)(=O)Nc2ccc(F)c(F)c2F)cc1. The van der Waals surface area contributed by atoms with E-state index >= 15 is 0 Å². The fourth-order valence-electron chi connectivity index (χ4n) is 2.02. The summed E-state index contributed by atoms with van der Waals surface area (Å²) in [6, 6.07) is 7.61. The number of benzene rings is 2. The first-order valence-electron chi connectivity index (χ1n) is 7.02. The number of sulfonamides is 1. The van der Waals surface area contributed by atoms with Gasteiger partial charge in [-0.2, -0.15) is 0 Å². The van der Waals surface area contributed by atoms with E-state index in [1.807, 2.05) is 18.6 Å². The van der Waals surface area contributed by atoms with Gasteiger partial charge in [0.2, 0.25) is 0 Å². The number of rotatable bonds is 5. The summed E-state index contributed by atoms with van der Waals surface area (Å²) in [6.07, 6.45) is 0.907. The Morgan fingerprint density at radius 1 is 1.00 bits per heavy atom. The van der Waals surface area contributed by atoms with E-state index in [4.69, 9.17) is 0 Å². The van der Waals surface area contributed by atoms with Gasteiger partial charge < -0.3 is 0 Å². The van der Waals surface area contributed by atoms with Gasteiger partial charge in [-0.05, 0) is 42.2 Å². The van der Waals surface area contributed by atoms with Crippen LogP contribution in [0.5, 0.6) is 0 Å². The summed E-state index contributed by atoms with van der Waals surface area (Å²) >= 11 is 0. The molecule has 0 saturated carbocycles. The van der Waals surface area contributed by atoms with Crippen LogP contribution in [0.25, 0.3) is 0 Å². The van der Waals surface area contributed by atoms with Crippen molar-refractivity contribution in [3.8, 4) is 0 Å². The molecular formula is C16H16F3NO2S. The molecule has 0 aliphatic carbocycles. The first kappa shape index (κ1) is 17.3. The molecule has 0 amide bonds. The second-order valence-corrected chi connectivity index (χ2v) is 6.89. The summed E-state index contributed by atoms with van der Waals surface area (Å²) in [6.45, 7) is 4.03. The molecule has 0 saturated heterocycles. The number of halogens is 3. The Morgan fingerprint density at radius 3 is 2.17 bits per heavy atom. The van der Waals surface area contributed by atoms with Crippen molar-refractivity contribution in [1.29, 1.82) is 0 Å². The van der Waals surface area contributed by atoms with Crippen molar-refractivity contribution in [3.63, 3.8) is 0 Å².